The largest absolute Gasteiger partial charge is 0.306 e. The molecule has 1 N–H and O–H groups in total. The molecule has 0 aliphatic carbocycles. The molecule has 3 rings (SSSR count). The Morgan fingerprint density at radius 3 is 3.00 bits per heavy atom. The number of halogens is 1. The monoisotopic (exact) mass is 287 g/mol. The molecule has 0 aromatic heterocycles. The first-order valence-electron chi connectivity index (χ1n) is 6.94. The Kier molecular flexibility index (Phi) is 4.08. The van der Waals surface area contributed by atoms with Gasteiger partial charge in [0.05, 0.1) is 0 Å². The fourth-order valence-corrected chi connectivity index (χ4v) is 3.74. The summed E-state index contributed by atoms with van der Waals surface area (Å²) in [6.45, 7) is 2.74. The van der Waals surface area contributed by atoms with Crippen LogP contribution in [-0.4, -0.2) is 5.75 Å². The maximum absolute atomic E-state index is 13.3. The van der Waals surface area contributed by atoms with Crippen LogP contribution in [0.5, 0.6) is 0 Å². The van der Waals surface area contributed by atoms with Crippen LogP contribution in [0.1, 0.15) is 29.2 Å². The SMILES string of the molecule is Cc1ccc(F)cc1CNC1CCSc2ccccc21. The summed E-state index contributed by atoms with van der Waals surface area (Å²) in [7, 11) is 0. The smallest absolute Gasteiger partial charge is 0.123 e. The van der Waals surface area contributed by atoms with Crippen LogP contribution in [0, 0.1) is 12.7 Å². The molecule has 0 bridgehead atoms. The lowest BCUT2D eigenvalue weighted by atomic mass is 10.0. The molecule has 1 heterocycles. The fraction of sp³-hybridized carbons (Fsp3) is 0.294. The molecule has 0 amide bonds. The quantitative estimate of drug-likeness (QED) is 0.894. The van der Waals surface area contributed by atoms with Gasteiger partial charge >= 0.3 is 0 Å². The van der Waals surface area contributed by atoms with Crippen molar-refractivity contribution in [1.82, 2.24) is 5.32 Å². The van der Waals surface area contributed by atoms with Gasteiger partial charge in [0.2, 0.25) is 0 Å². The number of nitrogens with one attached hydrogen (secondary N) is 1. The zero-order chi connectivity index (χ0) is 13.9. The van der Waals surface area contributed by atoms with Gasteiger partial charge in [-0.3, -0.25) is 0 Å². The first-order chi connectivity index (χ1) is 9.74. The summed E-state index contributed by atoms with van der Waals surface area (Å²) in [5.41, 5.74) is 3.55. The molecule has 2 aromatic rings. The number of hydrogen-bond donors (Lipinski definition) is 1. The van der Waals surface area contributed by atoms with Gasteiger partial charge in [0.15, 0.2) is 0 Å². The van der Waals surface area contributed by atoms with Crippen LogP contribution < -0.4 is 5.32 Å². The van der Waals surface area contributed by atoms with Gasteiger partial charge in [0, 0.05) is 17.5 Å². The van der Waals surface area contributed by atoms with Crippen molar-refractivity contribution >= 4 is 11.8 Å². The molecule has 0 spiro atoms. The van der Waals surface area contributed by atoms with Crippen LogP contribution >= 0.6 is 11.8 Å². The maximum Gasteiger partial charge on any atom is 0.123 e. The zero-order valence-electron chi connectivity index (χ0n) is 11.5. The van der Waals surface area contributed by atoms with E-state index in [0.717, 1.165) is 23.3 Å². The first kappa shape index (κ1) is 13.7. The molecule has 1 unspecified atom stereocenters. The lowest BCUT2D eigenvalue weighted by molar-refractivity contribution is 0.507. The molecule has 0 fully saturated rings. The molecule has 0 radical (unpaired) electrons. The highest BCUT2D eigenvalue weighted by Crippen LogP contribution is 2.35. The van der Waals surface area contributed by atoms with Crippen molar-refractivity contribution in [3.8, 4) is 0 Å². The first-order valence-corrected chi connectivity index (χ1v) is 7.93. The number of hydrogen-bond acceptors (Lipinski definition) is 2. The van der Waals surface area contributed by atoms with E-state index in [0.29, 0.717) is 12.6 Å². The Bertz CT molecular complexity index is 612. The average molecular weight is 287 g/mol. The van der Waals surface area contributed by atoms with E-state index in [1.807, 2.05) is 24.8 Å². The summed E-state index contributed by atoms with van der Waals surface area (Å²) in [6, 6.07) is 13.9. The van der Waals surface area contributed by atoms with Gasteiger partial charge in [-0.1, -0.05) is 24.3 Å². The van der Waals surface area contributed by atoms with Crippen molar-refractivity contribution in [2.75, 3.05) is 5.75 Å². The second kappa shape index (κ2) is 5.98. The summed E-state index contributed by atoms with van der Waals surface area (Å²) in [4.78, 5) is 1.37. The summed E-state index contributed by atoms with van der Waals surface area (Å²) in [5.74, 6) is 0.976. The van der Waals surface area contributed by atoms with Gasteiger partial charge in [-0.2, -0.15) is 0 Å². The third-order valence-corrected chi connectivity index (χ3v) is 4.93. The third-order valence-electron chi connectivity index (χ3n) is 3.81. The number of rotatable bonds is 3. The van der Waals surface area contributed by atoms with E-state index >= 15 is 0 Å². The summed E-state index contributed by atoms with van der Waals surface area (Å²) < 4.78 is 13.3. The molecule has 0 saturated heterocycles. The fourth-order valence-electron chi connectivity index (χ4n) is 2.62. The predicted octanol–water partition coefficient (Wildman–Crippen LogP) is 4.46. The van der Waals surface area contributed by atoms with E-state index in [9.17, 15) is 4.39 Å². The van der Waals surface area contributed by atoms with Crippen LogP contribution in [0.4, 0.5) is 4.39 Å². The third kappa shape index (κ3) is 2.89. The molecule has 0 saturated carbocycles. The van der Waals surface area contributed by atoms with Gasteiger partial charge in [0.1, 0.15) is 5.82 Å². The lowest BCUT2D eigenvalue weighted by Crippen LogP contribution is -2.24. The van der Waals surface area contributed by atoms with Crippen LogP contribution in [-0.2, 0) is 6.54 Å². The standard InChI is InChI=1S/C17H18FNS/c1-12-6-7-14(18)10-13(12)11-19-16-8-9-20-17-5-3-2-4-15(16)17/h2-7,10,16,19H,8-9,11H2,1H3. The topological polar surface area (TPSA) is 12.0 Å². The Morgan fingerprint density at radius 2 is 2.10 bits per heavy atom. The van der Waals surface area contributed by atoms with Crippen molar-refractivity contribution in [3.63, 3.8) is 0 Å². The highest BCUT2D eigenvalue weighted by atomic mass is 32.2. The van der Waals surface area contributed by atoms with E-state index in [1.54, 1.807) is 6.07 Å². The zero-order valence-corrected chi connectivity index (χ0v) is 12.3. The molecule has 2 aromatic carbocycles. The van der Waals surface area contributed by atoms with Crippen molar-refractivity contribution in [3.05, 3.63) is 65.0 Å². The second-order valence-corrected chi connectivity index (χ2v) is 6.32. The van der Waals surface area contributed by atoms with Gasteiger partial charge in [-0.05, 0) is 54.0 Å². The number of benzene rings is 2. The van der Waals surface area contributed by atoms with Crippen molar-refractivity contribution in [2.24, 2.45) is 0 Å². The Hall–Kier alpha value is -1.32. The number of thioether (sulfide) groups is 1. The van der Waals surface area contributed by atoms with Gasteiger partial charge in [-0.25, -0.2) is 4.39 Å². The molecular weight excluding hydrogens is 269 g/mol. The van der Waals surface area contributed by atoms with E-state index < -0.39 is 0 Å². The number of fused-ring (bicyclic) bond motifs is 1. The van der Waals surface area contributed by atoms with E-state index in [1.165, 1.54) is 16.5 Å². The van der Waals surface area contributed by atoms with Crippen molar-refractivity contribution < 1.29 is 4.39 Å². The molecule has 20 heavy (non-hydrogen) atoms. The maximum atomic E-state index is 13.3. The van der Waals surface area contributed by atoms with Crippen LogP contribution in [0.3, 0.4) is 0 Å². The van der Waals surface area contributed by atoms with E-state index in [4.69, 9.17) is 0 Å². The van der Waals surface area contributed by atoms with Gasteiger partial charge in [-0.15, -0.1) is 11.8 Å². The summed E-state index contributed by atoms with van der Waals surface area (Å²) >= 11 is 1.92. The van der Waals surface area contributed by atoms with Gasteiger partial charge < -0.3 is 5.32 Å². The molecule has 1 atom stereocenters. The number of aryl methyl sites for hydroxylation is 1. The van der Waals surface area contributed by atoms with Crippen LogP contribution in [0.15, 0.2) is 47.4 Å². The van der Waals surface area contributed by atoms with Crippen LogP contribution in [0.25, 0.3) is 0 Å². The Labute approximate surface area is 123 Å². The molecule has 1 aliphatic heterocycles. The predicted molar refractivity (Wildman–Crippen MR) is 82.5 cm³/mol. The molecule has 1 nitrogen and oxygen atoms in total. The summed E-state index contributed by atoms with van der Waals surface area (Å²) in [6.07, 6.45) is 1.12. The van der Waals surface area contributed by atoms with Crippen molar-refractivity contribution in [2.45, 2.75) is 30.8 Å². The molecule has 1 aliphatic rings. The average Bonchev–Trinajstić information content (AvgIpc) is 2.48. The van der Waals surface area contributed by atoms with Crippen LogP contribution in [0.2, 0.25) is 0 Å². The molecular formula is C17H18FNS. The van der Waals surface area contributed by atoms with E-state index in [2.05, 4.69) is 29.6 Å². The van der Waals surface area contributed by atoms with Gasteiger partial charge in [0.25, 0.3) is 0 Å². The lowest BCUT2D eigenvalue weighted by Gasteiger charge is -2.26. The minimum Gasteiger partial charge on any atom is -0.306 e. The minimum atomic E-state index is -0.160. The minimum absolute atomic E-state index is 0.160. The van der Waals surface area contributed by atoms with Crippen molar-refractivity contribution in [1.29, 1.82) is 0 Å². The normalized spacial score (nSPS) is 17.8. The Balaban J connectivity index is 1.75. The van der Waals surface area contributed by atoms with E-state index in [-0.39, 0.29) is 5.82 Å². The highest BCUT2D eigenvalue weighted by Gasteiger charge is 2.19. The Morgan fingerprint density at radius 1 is 1.25 bits per heavy atom. The highest BCUT2D eigenvalue weighted by molar-refractivity contribution is 7.99. The molecule has 104 valence electrons. The summed E-state index contributed by atoms with van der Waals surface area (Å²) in [5, 5.41) is 3.58. The second-order valence-electron chi connectivity index (χ2n) is 5.18. The molecule has 3 heteroatoms.